The molecule has 0 saturated carbocycles. The van der Waals surface area contributed by atoms with Crippen LogP contribution in [-0.2, 0) is 16.0 Å². The summed E-state index contributed by atoms with van der Waals surface area (Å²) in [5.74, 6) is -0.535. The summed E-state index contributed by atoms with van der Waals surface area (Å²) in [6, 6.07) is 2.77. The number of rotatable bonds is 0. The van der Waals surface area contributed by atoms with Crippen molar-refractivity contribution in [2.24, 2.45) is 0 Å². The van der Waals surface area contributed by atoms with Crippen molar-refractivity contribution in [3.05, 3.63) is 33.5 Å². The zero-order valence-corrected chi connectivity index (χ0v) is 11.7. The van der Waals surface area contributed by atoms with E-state index in [1.807, 2.05) is 0 Å². The van der Waals surface area contributed by atoms with Crippen molar-refractivity contribution in [1.29, 1.82) is 0 Å². The molecular weight excluding hydrogens is 315 g/mol. The van der Waals surface area contributed by atoms with Gasteiger partial charge in [0, 0.05) is 6.54 Å². The highest BCUT2D eigenvalue weighted by Gasteiger charge is 2.35. The van der Waals surface area contributed by atoms with Gasteiger partial charge < -0.3 is 10.2 Å². The third-order valence-electron chi connectivity index (χ3n) is 3.71. The van der Waals surface area contributed by atoms with Crippen LogP contribution in [0.5, 0.6) is 0 Å². The van der Waals surface area contributed by atoms with E-state index >= 15 is 0 Å². The Hall–Kier alpha value is -1.43. The molecule has 2 amide bonds. The summed E-state index contributed by atoms with van der Waals surface area (Å²) in [6.07, 6.45) is 0.834. The summed E-state index contributed by atoms with van der Waals surface area (Å²) >= 11 is 3.25. The molecule has 19 heavy (non-hydrogen) atoms. The molecule has 1 N–H and O–H groups in total. The van der Waals surface area contributed by atoms with E-state index in [-0.39, 0.29) is 36.6 Å². The number of carbonyl (C=O) groups excluding carboxylic acids is 2. The van der Waals surface area contributed by atoms with E-state index in [4.69, 9.17) is 0 Å². The minimum Gasteiger partial charge on any atom is -0.347 e. The molecule has 0 aliphatic carbocycles. The van der Waals surface area contributed by atoms with Crippen molar-refractivity contribution in [3.63, 3.8) is 0 Å². The second-order valence-electron chi connectivity index (χ2n) is 4.76. The van der Waals surface area contributed by atoms with Gasteiger partial charge in [0.25, 0.3) is 0 Å². The molecule has 1 saturated heterocycles. The number of hydrogen-bond acceptors (Lipinski definition) is 2. The molecule has 1 fully saturated rings. The van der Waals surface area contributed by atoms with E-state index in [9.17, 15) is 14.0 Å². The number of nitrogens with zero attached hydrogens (tertiary/aromatic N) is 1. The van der Waals surface area contributed by atoms with E-state index in [2.05, 4.69) is 21.2 Å². The molecular formula is C13H12BrFN2O2. The van der Waals surface area contributed by atoms with Gasteiger partial charge in [-0.05, 0) is 39.5 Å². The molecule has 1 atom stereocenters. The third-order valence-corrected chi connectivity index (χ3v) is 4.56. The quantitative estimate of drug-likeness (QED) is 0.786. The molecule has 2 aliphatic rings. The van der Waals surface area contributed by atoms with Crippen molar-refractivity contribution in [1.82, 2.24) is 10.2 Å². The Morgan fingerprint density at radius 2 is 2.16 bits per heavy atom. The van der Waals surface area contributed by atoms with Crippen LogP contribution in [0.15, 0.2) is 16.6 Å². The predicted molar refractivity (Wildman–Crippen MR) is 69.9 cm³/mol. The normalized spacial score (nSPS) is 22.4. The predicted octanol–water partition coefficient (Wildman–Crippen LogP) is 1.53. The average molecular weight is 327 g/mol. The number of carbonyl (C=O) groups is 2. The van der Waals surface area contributed by atoms with Gasteiger partial charge in [0.1, 0.15) is 5.82 Å². The first-order valence-electron chi connectivity index (χ1n) is 6.11. The van der Waals surface area contributed by atoms with E-state index in [1.54, 1.807) is 11.0 Å². The molecule has 1 aromatic rings. The molecule has 2 heterocycles. The smallest absolute Gasteiger partial charge is 0.242 e. The monoisotopic (exact) mass is 326 g/mol. The summed E-state index contributed by atoms with van der Waals surface area (Å²) in [7, 11) is 0. The van der Waals surface area contributed by atoms with Gasteiger partial charge in [-0.3, -0.25) is 9.59 Å². The molecule has 3 rings (SSSR count). The first-order chi connectivity index (χ1) is 9.08. The number of nitrogens with one attached hydrogen (secondary N) is 1. The first-order valence-corrected chi connectivity index (χ1v) is 6.90. The topological polar surface area (TPSA) is 49.4 Å². The summed E-state index contributed by atoms with van der Waals surface area (Å²) in [5, 5.41) is 2.59. The largest absolute Gasteiger partial charge is 0.347 e. The van der Waals surface area contributed by atoms with Gasteiger partial charge in [0.2, 0.25) is 11.8 Å². The van der Waals surface area contributed by atoms with Crippen LogP contribution >= 0.6 is 15.9 Å². The fourth-order valence-corrected chi connectivity index (χ4v) is 3.33. The first kappa shape index (κ1) is 12.6. The zero-order valence-electron chi connectivity index (χ0n) is 10.1. The maximum absolute atomic E-state index is 13.6. The molecule has 4 nitrogen and oxygen atoms in total. The maximum atomic E-state index is 13.6. The molecule has 0 bridgehead atoms. The second kappa shape index (κ2) is 4.59. The van der Waals surface area contributed by atoms with Gasteiger partial charge >= 0.3 is 0 Å². The van der Waals surface area contributed by atoms with Crippen molar-refractivity contribution < 1.29 is 14.0 Å². The lowest BCUT2D eigenvalue weighted by molar-refractivity contribution is -0.132. The van der Waals surface area contributed by atoms with Crippen LogP contribution < -0.4 is 5.32 Å². The lowest BCUT2D eigenvalue weighted by Gasteiger charge is -2.36. The van der Waals surface area contributed by atoms with Crippen molar-refractivity contribution in [2.75, 3.05) is 13.1 Å². The van der Waals surface area contributed by atoms with Crippen LogP contribution in [0.4, 0.5) is 4.39 Å². The van der Waals surface area contributed by atoms with Gasteiger partial charge in [0.15, 0.2) is 0 Å². The highest BCUT2D eigenvalue weighted by molar-refractivity contribution is 9.10. The Labute approximate surface area is 118 Å². The third kappa shape index (κ3) is 2.04. The van der Waals surface area contributed by atoms with Gasteiger partial charge in [0.05, 0.1) is 23.5 Å². The molecule has 1 aromatic carbocycles. The SMILES string of the molecule is O=C1C[C@@H]2c3ccc(F)c(Br)c3CCN2C(=O)CN1. The van der Waals surface area contributed by atoms with Crippen LogP contribution in [0.2, 0.25) is 0 Å². The summed E-state index contributed by atoms with van der Waals surface area (Å²) in [6.45, 7) is 0.570. The number of halogens is 2. The lowest BCUT2D eigenvalue weighted by atomic mass is 9.90. The lowest BCUT2D eigenvalue weighted by Crippen LogP contribution is -2.41. The Morgan fingerprint density at radius 1 is 1.37 bits per heavy atom. The van der Waals surface area contributed by atoms with E-state index < -0.39 is 0 Å². The molecule has 100 valence electrons. The molecule has 0 unspecified atom stereocenters. The number of amides is 2. The van der Waals surface area contributed by atoms with Crippen LogP contribution in [0, 0.1) is 5.82 Å². The minimum atomic E-state index is -0.309. The zero-order chi connectivity index (χ0) is 13.6. The van der Waals surface area contributed by atoms with Crippen molar-refractivity contribution >= 4 is 27.7 Å². The molecule has 0 radical (unpaired) electrons. The highest BCUT2D eigenvalue weighted by Crippen LogP contribution is 2.37. The Balaban J connectivity index is 2.09. The fraction of sp³-hybridized carbons (Fsp3) is 0.385. The Kier molecular flexibility index (Phi) is 3.05. The maximum Gasteiger partial charge on any atom is 0.242 e. The average Bonchev–Trinajstić information content (AvgIpc) is 2.54. The molecule has 0 aromatic heterocycles. The number of hydrogen-bond donors (Lipinski definition) is 1. The van der Waals surface area contributed by atoms with Gasteiger partial charge in [-0.2, -0.15) is 0 Å². The van der Waals surface area contributed by atoms with E-state index in [1.165, 1.54) is 6.07 Å². The van der Waals surface area contributed by atoms with Crippen LogP contribution in [0.3, 0.4) is 0 Å². The summed E-state index contributed by atoms with van der Waals surface area (Å²) in [5.41, 5.74) is 1.73. The highest BCUT2D eigenvalue weighted by atomic mass is 79.9. The van der Waals surface area contributed by atoms with Gasteiger partial charge in [-0.1, -0.05) is 6.07 Å². The molecule has 2 aliphatic heterocycles. The van der Waals surface area contributed by atoms with Crippen LogP contribution in [0.1, 0.15) is 23.6 Å². The van der Waals surface area contributed by atoms with Crippen molar-refractivity contribution in [3.8, 4) is 0 Å². The van der Waals surface area contributed by atoms with Crippen LogP contribution in [0.25, 0.3) is 0 Å². The van der Waals surface area contributed by atoms with Crippen molar-refractivity contribution in [2.45, 2.75) is 18.9 Å². The summed E-state index contributed by atoms with van der Waals surface area (Å²) < 4.78 is 14.0. The second-order valence-corrected chi connectivity index (χ2v) is 5.56. The van der Waals surface area contributed by atoms with Gasteiger partial charge in [-0.15, -0.1) is 0 Å². The molecule has 0 spiro atoms. The summed E-state index contributed by atoms with van der Waals surface area (Å²) in [4.78, 5) is 25.4. The van der Waals surface area contributed by atoms with Gasteiger partial charge in [-0.25, -0.2) is 4.39 Å². The fourth-order valence-electron chi connectivity index (χ4n) is 2.77. The Morgan fingerprint density at radius 3 is 2.95 bits per heavy atom. The minimum absolute atomic E-state index is 0.0486. The standard InChI is InChI=1S/C13H12BrFN2O2/c14-13-8-3-4-17-10(7(8)1-2-9(13)15)5-11(18)16-6-12(17)19/h1-2,10H,3-6H2,(H,16,18)/t10-/m1/s1. The van der Waals surface area contributed by atoms with E-state index in [0.29, 0.717) is 17.4 Å². The number of benzene rings is 1. The van der Waals surface area contributed by atoms with E-state index in [0.717, 1.165) is 11.1 Å². The molecule has 6 heteroatoms. The number of fused-ring (bicyclic) bond motifs is 3. The Bertz CT molecular complexity index is 576. The van der Waals surface area contributed by atoms with Crippen LogP contribution in [-0.4, -0.2) is 29.8 Å².